The summed E-state index contributed by atoms with van der Waals surface area (Å²) in [6.45, 7) is 4.38. The van der Waals surface area contributed by atoms with E-state index < -0.39 is 10.8 Å². The molecule has 0 bridgehead atoms. The number of nitro benzene ring substituents is 1. The molecule has 0 saturated carbocycles. The Labute approximate surface area is 140 Å². The number of hydrogen-bond acceptors (Lipinski definition) is 6. The second kappa shape index (κ2) is 9.49. The van der Waals surface area contributed by atoms with Crippen molar-refractivity contribution in [2.75, 3.05) is 18.5 Å². The van der Waals surface area contributed by atoms with Crippen LogP contribution in [0.4, 0.5) is 11.4 Å². The molecule has 3 N–H and O–H groups in total. The van der Waals surface area contributed by atoms with E-state index >= 15 is 0 Å². The lowest BCUT2D eigenvalue weighted by atomic mass is 10.0. The molecular weight excluding hydrogens is 314 g/mol. The van der Waals surface area contributed by atoms with Crippen LogP contribution in [0.15, 0.2) is 18.2 Å². The van der Waals surface area contributed by atoms with Crippen molar-refractivity contribution in [3.63, 3.8) is 0 Å². The van der Waals surface area contributed by atoms with Crippen molar-refractivity contribution in [1.29, 1.82) is 0 Å². The molecule has 0 saturated heterocycles. The maximum absolute atomic E-state index is 11.6. The summed E-state index contributed by atoms with van der Waals surface area (Å²) in [6, 6.07) is 3.92. The Morgan fingerprint density at radius 2 is 2.12 bits per heavy atom. The van der Waals surface area contributed by atoms with Crippen LogP contribution in [0.1, 0.15) is 43.5 Å². The van der Waals surface area contributed by atoms with Crippen molar-refractivity contribution in [3.8, 4) is 0 Å². The molecule has 0 fully saturated rings. The molecule has 1 amide bonds. The fraction of sp³-hybridized carbons (Fsp3) is 0.500. The largest absolute Gasteiger partial charge is 0.464 e. The van der Waals surface area contributed by atoms with Crippen molar-refractivity contribution >= 4 is 23.3 Å². The fourth-order valence-electron chi connectivity index (χ4n) is 2.27. The third-order valence-corrected chi connectivity index (χ3v) is 3.46. The second-order valence-corrected chi connectivity index (χ2v) is 5.60. The van der Waals surface area contributed by atoms with Gasteiger partial charge in [0, 0.05) is 24.6 Å². The first kappa shape index (κ1) is 19.4. The third-order valence-electron chi connectivity index (χ3n) is 3.46. The first-order valence-corrected chi connectivity index (χ1v) is 7.82. The summed E-state index contributed by atoms with van der Waals surface area (Å²) in [7, 11) is 0. The molecule has 0 aliphatic heterocycles. The van der Waals surface area contributed by atoms with Crippen LogP contribution in [0, 0.1) is 16.0 Å². The minimum absolute atomic E-state index is 0.0589. The van der Waals surface area contributed by atoms with E-state index in [1.165, 1.54) is 12.1 Å². The van der Waals surface area contributed by atoms with Gasteiger partial charge in [0.1, 0.15) is 12.3 Å². The highest BCUT2D eigenvalue weighted by Crippen LogP contribution is 2.25. The lowest BCUT2D eigenvalue weighted by molar-refractivity contribution is -0.384. The van der Waals surface area contributed by atoms with Gasteiger partial charge in [0.25, 0.3) is 5.69 Å². The molecule has 24 heavy (non-hydrogen) atoms. The van der Waals surface area contributed by atoms with Gasteiger partial charge in [-0.2, -0.15) is 0 Å². The average Bonchev–Trinajstić information content (AvgIpc) is 2.51. The van der Waals surface area contributed by atoms with Crippen LogP contribution < -0.4 is 11.1 Å². The first-order valence-electron chi connectivity index (χ1n) is 7.82. The molecule has 0 aromatic heterocycles. The van der Waals surface area contributed by atoms with Gasteiger partial charge in [0.15, 0.2) is 0 Å². The molecule has 132 valence electrons. The zero-order chi connectivity index (χ0) is 18.1. The Morgan fingerprint density at radius 1 is 1.42 bits per heavy atom. The standard InChI is InChI=1S/C16H23N3O5/c1-3-4-11(2)9-15(20)24-8-7-18-13-6-5-12(16(17)21)10-14(13)19(22)23/h5-6,10-11,18H,3-4,7-9H2,1-2H3,(H2,17,21). The van der Waals surface area contributed by atoms with Crippen LogP contribution in [0.3, 0.4) is 0 Å². The second-order valence-electron chi connectivity index (χ2n) is 5.60. The fourth-order valence-corrected chi connectivity index (χ4v) is 2.27. The van der Waals surface area contributed by atoms with Gasteiger partial charge < -0.3 is 15.8 Å². The Bertz CT molecular complexity index is 603. The maximum atomic E-state index is 11.6. The number of nitrogens with zero attached hydrogens (tertiary/aromatic N) is 1. The van der Waals surface area contributed by atoms with Crippen molar-refractivity contribution in [2.45, 2.75) is 33.1 Å². The van der Waals surface area contributed by atoms with Crippen molar-refractivity contribution in [1.82, 2.24) is 0 Å². The van der Waals surface area contributed by atoms with E-state index in [4.69, 9.17) is 10.5 Å². The lowest BCUT2D eigenvalue weighted by Crippen LogP contribution is -2.16. The third kappa shape index (κ3) is 6.23. The van der Waals surface area contributed by atoms with Crippen LogP contribution >= 0.6 is 0 Å². The number of carbonyl (C=O) groups is 2. The van der Waals surface area contributed by atoms with Crippen molar-refractivity contribution in [2.24, 2.45) is 11.7 Å². The maximum Gasteiger partial charge on any atom is 0.306 e. The summed E-state index contributed by atoms with van der Waals surface area (Å²) < 4.78 is 5.10. The van der Waals surface area contributed by atoms with Crippen LogP contribution in [-0.4, -0.2) is 30.0 Å². The van der Waals surface area contributed by atoms with Crippen molar-refractivity contribution < 1.29 is 19.2 Å². The number of nitrogens with one attached hydrogen (secondary N) is 1. The van der Waals surface area contributed by atoms with Gasteiger partial charge >= 0.3 is 5.97 Å². The van der Waals surface area contributed by atoms with Crippen LogP contribution in [0.2, 0.25) is 0 Å². The minimum Gasteiger partial charge on any atom is -0.464 e. The predicted molar refractivity (Wildman–Crippen MR) is 89.8 cm³/mol. The Kier molecular flexibility index (Phi) is 7.67. The van der Waals surface area contributed by atoms with Crippen LogP contribution in [0.5, 0.6) is 0 Å². The summed E-state index contributed by atoms with van der Waals surface area (Å²) in [5.41, 5.74) is 5.15. The molecule has 0 heterocycles. The molecule has 1 aromatic carbocycles. The zero-order valence-electron chi connectivity index (χ0n) is 13.9. The Morgan fingerprint density at radius 3 is 2.71 bits per heavy atom. The molecule has 1 aromatic rings. The van der Waals surface area contributed by atoms with Crippen LogP contribution in [-0.2, 0) is 9.53 Å². The molecule has 1 unspecified atom stereocenters. The number of nitrogens with two attached hydrogens (primary N) is 1. The molecule has 8 nitrogen and oxygen atoms in total. The van der Waals surface area contributed by atoms with Gasteiger partial charge in [-0.25, -0.2) is 0 Å². The van der Waals surface area contributed by atoms with Crippen molar-refractivity contribution in [3.05, 3.63) is 33.9 Å². The molecule has 8 heteroatoms. The lowest BCUT2D eigenvalue weighted by Gasteiger charge is -2.11. The number of primary amides is 1. The molecule has 0 aliphatic carbocycles. The minimum atomic E-state index is -0.736. The normalized spacial score (nSPS) is 11.6. The highest BCUT2D eigenvalue weighted by Gasteiger charge is 2.16. The highest BCUT2D eigenvalue weighted by molar-refractivity contribution is 5.94. The molecular formula is C16H23N3O5. The molecule has 1 rings (SSSR count). The van der Waals surface area contributed by atoms with E-state index in [2.05, 4.69) is 12.2 Å². The summed E-state index contributed by atoms with van der Waals surface area (Å²) in [6.07, 6.45) is 2.34. The summed E-state index contributed by atoms with van der Waals surface area (Å²) in [4.78, 5) is 33.1. The van der Waals surface area contributed by atoms with Gasteiger partial charge in [-0.15, -0.1) is 0 Å². The number of nitro groups is 1. The number of esters is 1. The molecule has 0 aliphatic rings. The van der Waals surface area contributed by atoms with Gasteiger partial charge in [0.2, 0.25) is 5.91 Å². The van der Waals surface area contributed by atoms with E-state index in [0.717, 1.165) is 18.9 Å². The molecule has 0 spiro atoms. The number of hydrogen-bond donors (Lipinski definition) is 2. The Hall–Kier alpha value is -2.64. The van der Waals surface area contributed by atoms with Gasteiger partial charge in [-0.05, 0) is 18.1 Å². The van der Waals surface area contributed by atoms with Gasteiger partial charge in [-0.1, -0.05) is 26.7 Å². The smallest absolute Gasteiger partial charge is 0.306 e. The Balaban J connectivity index is 2.51. The van der Waals surface area contributed by atoms with Gasteiger partial charge in [-0.3, -0.25) is 19.7 Å². The monoisotopic (exact) mass is 337 g/mol. The predicted octanol–water partition coefficient (Wildman–Crippen LogP) is 2.48. The van der Waals surface area contributed by atoms with E-state index in [9.17, 15) is 19.7 Å². The van der Waals surface area contributed by atoms with E-state index in [-0.39, 0.29) is 42.0 Å². The number of carbonyl (C=O) groups excluding carboxylic acids is 2. The SMILES string of the molecule is CCCC(C)CC(=O)OCCNc1ccc(C(N)=O)cc1[N+](=O)[O-]. The van der Waals surface area contributed by atoms with E-state index in [1.54, 1.807) is 0 Å². The number of anilines is 1. The summed E-state index contributed by atoms with van der Waals surface area (Å²) >= 11 is 0. The zero-order valence-corrected chi connectivity index (χ0v) is 13.9. The topological polar surface area (TPSA) is 125 Å². The number of rotatable bonds is 10. The first-order chi connectivity index (χ1) is 11.3. The number of amides is 1. The summed E-state index contributed by atoms with van der Waals surface area (Å²) in [5, 5.41) is 13.9. The average molecular weight is 337 g/mol. The van der Waals surface area contributed by atoms with Gasteiger partial charge in [0.05, 0.1) is 4.92 Å². The molecule has 0 radical (unpaired) electrons. The quantitative estimate of drug-likeness (QED) is 0.292. The van der Waals surface area contributed by atoms with E-state index in [0.29, 0.717) is 6.42 Å². The number of benzene rings is 1. The highest BCUT2D eigenvalue weighted by atomic mass is 16.6. The van der Waals surface area contributed by atoms with E-state index in [1.807, 2.05) is 6.92 Å². The van der Waals surface area contributed by atoms with Crippen LogP contribution in [0.25, 0.3) is 0 Å². The molecule has 1 atom stereocenters. The summed E-state index contributed by atoms with van der Waals surface area (Å²) in [5.74, 6) is -0.742. The number of ether oxygens (including phenoxy) is 1.